The summed E-state index contributed by atoms with van der Waals surface area (Å²) in [5, 5.41) is 2.80. The maximum absolute atomic E-state index is 12.2. The van der Waals surface area contributed by atoms with Crippen LogP contribution in [0.1, 0.15) is 11.1 Å². The topological polar surface area (TPSA) is 68.9 Å². The van der Waals surface area contributed by atoms with E-state index >= 15 is 0 Å². The van der Waals surface area contributed by atoms with Crippen LogP contribution in [0.4, 0.5) is 22.0 Å². The Morgan fingerprint density at radius 3 is 2.32 bits per heavy atom. The first-order valence-corrected chi connectivity index (χ1v) is 7.63. The molecule has 11 heteroatoms. The zero-order valence-corrected chi connectivity index (χ0v) is 16.6. The predicted octanol–water partition coefficient (Wildman–Crippen LogP) is 4.41. The van der Waals surface area contributed by atoms with Crippen LogP contribution in [0.15, 0.2) is 53.5 Å². The molecule has 0 atom stereocenters. The van der Waals surface area contributed by atoms with Crippen LogP contribution in [0, 0.1) is 0 Å². The molecule has 2 aromatic carbocycles. The minimum Gasteiger partial charge on any atom is -0.435 e. The molecule has 0 amide bonds. The lowest BCUT2D eigenvalue weighted by atomic mass is 10.2. The van der Waals surface area contributed by atoms with Crippen molar-refractivity contribution in [3.8, 4) is 11.5 Å². The molecule has 2 aromatic rings. The number of halogens is 6. The second-order valence-electron chi connectivity index (χ2n) is 5.27. The molecular formula is C17H17F5IN3O2. The quantitative estimate of drug-likeness (QED) is 0.247. The molecule has 0 saturated heterocycles. The molecule has 5 nitrogen and oxygen atoms in total. The number of hydrogen-bond donors (Lipinski definition) is 2. The number of rotatable bonds is 7. The summed E-state index contributed by atoms with van der Waals surface area (Å²) >= 11 is 0. The first-order chi connectivity index (χ1) is 12.7. The van der Waals surface area contributed by atoms with E-state index in [0.29, 0.717) is 11.1 Å². The molecule has 0 fully saturated rings. The van der Waals surface area contributed by atoms with E-state index in [1.54, 1.807) is 12.1 Å². The summed E-state index contributed by atoms with van der Waals surface area (Å²) in [7, 11) is 0. The fraction of sp³-hybridized carbons (Fsp3) is 0.235. The molecule has 0 aromatic heterocycles. The average molecular weight is 517 g/mol. The van der Waals surface area contributed by atoms with Gasteiger partial charge in [0.05, 0.1) is 6.54 Å². The van der Waals surface area contributed by atoms with Crippen molar-refractivity contribution in [1.29, 1.82) is 0 Å². The maximum atomic E-state index is 12.2. The number of nitrogens with zero attached hydrogens (tertiary/aromatic N) is 1. The molecule has 0 unspecified atom stereocenters. The highest BCUT2D eigenvalue weighted by Crippen LogP contribution is 2.22. The first-order valence-electron chi connectivity index (χ1n) is 7.63. The molecule has 0 heterocycles. The van der Waals surface area contributed by atoms with Gasteiger partial charge >= 0.3 is 13.0 Å². The van der Waals surface area contributed by atoms with Crippen molar-refractivity contribution >= 4 is 29.9 Å². The normalized spacial score (nSPS) is 11.7. The second kappa shape index (κ2) is 10.9. The molecule has 28 heavy (non-hydrogen) atoms. The Labute approximate surface area is 174 Å². The van der Waals surface area contributed by atoms with E-state index in [1.807, 2.05) is 0 Å². The molecule has 0 bridgehead atoms. The Morgan fingerprint density at radius 2 is 1.71 bits per heavy atom. The van der Waals surface area contributed by atoms with Crippen LogP contribution in [0.3, 0.4) is 0 Å². The highest BCUT2D eigenvalue weighted by molar-refractivity contribution is 14.0. The van der Waals surface area contributed by atoms with Crippen molar-refractivity contribution in [3.63, 3.8) is 0 Å². The number of ether oxygens (including phenoxy) is 2. The zero-order chi connectivity index (χ0) is 19.9. The van der Waals surface area contributed by atoms with Crippen molar-refractivity contribution < 1.29 is 31.4 Å². The first kappa shape index (κ1) is 23.7. The van der Waals surface area contributed by atoms with Crippen molar-refractivity contribution in [1.82, 2.24) is 5.32 Å². The smallest absolute Gasteiger partial charge is 0.435 e. The van der Waals surface area contributed by atoms with E-state index in [2.05, 4.69) is 19.8 Å². The number of hydrogen-bond acceptors (Lipinski definition) is 3. The highest BCUT2D eigenvalue weighted by Gasteiger charge is 2.30. The van der Waals surface area contributed by atoms with E-state index in [-0.39, 0.29) is 54.5 Å². The van der Waals surface area contributed by atoms with Crippen LogP contribution in [-0.4, -0.2) is 18.9 Å². The zero-order valence-electron chi connectivity index (χ0n) is 14.2. The van der Waals surface area contributed by atoms with Gasteiger partial charge in [-0.15, -0.1) is 37.1 Å². The molecule has 0 aliphatic carbocycles. The van der Waals surface area contributed by atoms with Crippen LogP contribution in [0.25, 0.3) is 0 Å². The van der Waals surface area contributed by atoms with Crippen LogP contribution in [0.2, 0.25) is 0 Å². The van der Waals surface area contributed by atoms with Gasteiger partial charge in [-0.2, -0.15) is 8.78 Å². The molecule has 0 saturated carbocycles. The van der Waals surface area contributed by atoms with Crippen molar-refractivity contribution in [2.75, 3.05) is 0 Å². The van der Waals surface area contributed by atoms with Crippen LogP contribution in [0.5, 0.6) is 11.5 Å². The minimum atomic E-state index is -4.74. The maximum Gasteiger partial charge on any atom is 0.573 e. The molecule has 0 spiro atoms. The fourth-order valence-electron chi connectivity index (χ4n) is 2.05. The number of alkyl halides is 5. The van der Waals surface area contributed by atoms with Crippen molar-refractivity contribution in [2.24, 2.45) is 10.7 Å². The molecular weight excluding hydrogens is 500 g/mol. The Morgan fingerprint density at radius 1 is 1.04 bits per heavy atom. The summed E-state index contributed by atoms with van der Waals surface area (Å²) in [6.07, 6.45) is -4.74. The van der Waals surface area contributed by atoms with E-state index in [0.717, 1.165) is 0 Å². The van der Waals surface area contributed by atoms with E-state index in [9.17, 15) is 22.0 Å². The van der Waals surface area contributed by atoms with Gasteiger partial charge in [-0.1, -0.05) is 24.3 Å². The number of nitrogens with two attached hydrogens (primary N) is 1. The SMILES string of the molecule is I.NC(=NCc1cccc(OC(F)F)c1)NCc1ccc(OC(F)(F)F)cc1. The van der Waals surface area contributed by atoms with Gasteiger partial charge in [-0.25, -0.2) is 4.99 Å². The molecule has 0 radical (unpaired) electrons. The molecule has 0 aliphatic rings. The average Bonchev–Trinajstić information content (AvgIpc) is 2.58. The van der Waals surface area contributed by atoms with Crippen LogP contribution < -0.4 is 20.5 Å². The van der Waals surface area contributed by atoms with Gasteiger partial charge < -0.3 is 20.5 Å². The largest absolute Gasteiger partial charge is 0.573 e. The standard InChI is InChI=1S/C17H16F5N3O2.HI/c18-15(19)26-14-3-1-2-12(8-14)10-25-16(23)24-9-11-4-6-13(7-5-11)27-17(20,21)22;/h1-8,15H,9-10H2,(H3,23,24,25);1H. The van der Waals surface area contributed by atoms with Gasteiger partial charge in [0, 0.05) is 6.54 Å². The number of guanidine groups is 1. The molecule has 0 aliphatic heterocycles. The Kier molecular flexibility index (Phi) is 9.22. The van der Waals surface area contributed by atoms with Crippen LogP contribution >= 0.6 is 24.0 Å². The van der Waals surface area contributed by atoms with E-state index in [1.165, 1.54) is 36.4 Å². The summed E-state index contributed by atoms with van der Waals surface area (Å²) in [4.78, 5) is 4.06. The number of aliphatic imine (C=N–C) groups is 1. The van der Waals surface area contributed by atoms with Crippen molar-refractivity contribution in [2.45, 2.75) is 26.1 Å². The summed E-state index contributed by atoms with van der Waals surface area (Å²) in [6.45, 7) is -2.54. The molecule has 154 valence electrons. The predicted molar refractivity (Wildman–Crippen MR) is 104 cm³/mol. The lowest BCUT2D eigenvalue weighted by Crippen LogP contribution is -2.31. The van der Waals surface area contributed by atoms with Gasteiger partial charge in [0.15, 0.2) is 5.96 Å². The van der Waals surface area contributed by atoms with Gasteiger partial charge in [0.2, 0.25) is 0 Å². The third kappa shape index (κ3) is 9.06. The number of benzene rings is 2. The van der Waals surface area contributed by atoms with E-state index in [4.69, 9.17) is 5.73 Å². The summed E-state index contributed by atoms with van der Waals surface area (Å²) < 4.78 is 68.7. The second-order valence-corrected chi connectivity index (χ2v) is 5.27. The Bertz CT molecular complexity index is 770. The summed E-state index contributed by atoms with van der Waals surface area (Å²) in [5.41, 5.74) is 6.99. The van der Waals surface area contributed by atoms with Crippen molar-refractivity contribution in [3.05, 3.63) is 59.7 Å². The summed E-state index contributed by atoms with van der Waals surface area (Å²) in [5.74, 6) is -0.213. The lowest BCUT2D eigenvalue weighted by Gasteiger charge is -2.10. The van der Waals surface area contributed by atoms with Gasteiger partial charge in [0.1, 0.15) is 11.5 Å². The van der Waals surface area contributed by atoms with Gasteiger partial charge in [-0.3, -0.25) is 0 Å². The van der Waals surface area contributed by atoms with Gasteiger partial charge in [-0.05, 0) is 35.4 Å². The fourth-order valence-corrected chi connectivity index (χ4v) is 2.05. The van der Waals surface area contributed by atoms with Crippen LogP contribution in [-0.2, 0) is 13.1 Å². The van der Waals surface area contributed by atoms with Gasteiger partial charge in [0.25, 0.3) is 0 Å². The monoisotopic (exact) mass is 517 g/mol. The lowest BCUT2D eigenvalue weighted by molar-refractivity contribution is -0.274. The third-order valence-corrected chi connectivity index (χ3v) is 3.19. The third-order valence-electron chi connectivity index (χ3n) is 3.19. The Hall–Kier alpha value is -2.31. The van der Waals surface area contributed by atoms with E-state index < -0.39 is 13.0 Å². The molecule has 3 N–H and O–H groups in total. The Balaban J connectivity index is 0.00000392. The minimum absolute atomic E-state index is 0. The summed E-state index contributed by atoms with van der Waals surface area (Å²) in [6, 6.07) is 11.3. The number of nitrogens with one attached hydrogen (secondary N) is 1. The molecule has 2 rings (SSSR count). The highest BCUT2D eigenvalue weighted by atomic mass is 127.